The van der Waals surface area contributed by atoms with Crippen LogP contribution in [0.1, 0.15) is 11.1 Å². The molecule has 0 unspecified atom stereocenters. The molecule has 2 rings (SSSR count). The second-order valence-electron chi connectivity index (χ2n) is 4.45. The number of hydrogen-bond acceptors (Lipinski definition) is 2. The maximum Gasteiger partial charge on any atom is 0.345 e. The number of hydrogen-bond donors (Lipinski definition) is 1. The first-order valence-electron chi connectivity index (χ1n) is 6.15. The Labute approximate surface area is 112 Å². The van der Waals surface area contributed by atoms with Crippen molar-refractivity contribution in [3.8, 4) is 5.75 Å². The average molecular weight is 256 g/mol. The number of aliphatic carboxylic acids is 1. The van der Waals surface area contributed by atoms with Crippen molar-refractivity contribution in [1.82, 2.24) is 0 Å². The first-order chi connectivity index (χ1) is 9.15. The van der Waals surface area contributed by atoms with Crippen LogP contribution in [0.25, 0.3) is 0 Å². The van der Waals surface area contributed by atoms with Crippen LogP contribution < -0.4 is 4.74 Å². The third-order valence-electron chi connectivity index (χ3n) is 2.81. The molecule has 0 bridgehead atoms. The molecule has 0 heterocycles. The highest BCUT2D eigenvalue weighted by molar-refractivity contribution is 5.73. The fourth-order valence-electron chi connectivity index (χ4n) is 1.86. The Morgan fingerprint density at radius 3 is 2.53 bits per heavy atom. The van der Waals surface area contributed by atoms with E-state index in [1.165, 1.54) is 0 Å². The number of benzene rings is 2. The first kappa shape index (κ1) is 13.1. The van der Waals surface area contributed by atoms with Crippen molar-refractivity contribution in [2.45, 2.75) is 19.4 Å². The minimum Gasteiger partial charge on any atom is -0.478 e. The summed E-state index contributed by atoms with van der Waals surface area (Å²) in [5.41, 5.74) is 1.99. The smallest absolute Gasteiger partial charge is 0.345 e. The average Bonchev–Trinajstić information content (AvgIpc) is 2.39. The van der Waals surface area contributed by atoms with Crippen molar-refractivity contribution in [2.24, 2.45) is 0 Å². The Morgan fingerprint density at radius 1 is 1.16 bits per heavy atom. The normalized spacial score (nSPS) is 11.8. The Bertz CT molecular complexity index is 549. The quantitative estimate of drug-likeness (QED) is 0.894. The Morgan fingerprint density at radius 2 is 1.89 bits per heavy atom. The van der Waals surface area contributed by atoms with Crippen LogP contribution in [0.15, 0.2) is 54.6 Å². The highest BCUT2D eigenvalue weighted by Crippen LogP contribution is 2.16. The van der Waals surface area contributed by atoms with Gasteiger partial charge in [-0.2, -0.15) is 0 Å². The van der Waals surface area contributed by atoms with Crippen LogP contribution >= 0.6 is 0 Å². The summed E-state index contributed by atoms with van der Waals surface area (Å²) in [6, 6.07) is 16.9. The molecule has 0 saturated heterocycles. The second-order valence-corrected chi connectivity index (χ2v) is 4.45. The SMILES string of the molecule is Cc1cccc(O[C@H](Cc2ccccc2)C(=O)O)c1. The van der Waals surface area contributed by atoms with Crippen LogP contribution in [-0.4, -0.2) is 17.2 Å². The summed E-state index contributed by atoms with van der Waals surface area (Å²) in [5.74, 6) is -0.367. The maximum atomic E-state index is 11.3. The van der Waals surface area contributed by atoms with Gasteiger partial charge < -0.3 is 9.84 Å². The van der Waals surface area contributed by atoms with E-state index in [1.807, 2.05) is 55.5 Å². The van der Waals surface area contributed by atoms with Gasteiger partial charge in [0.15, 0.2) is 6.10 Å². The third kappa shape index (κ3) is 3.85. The summed E-state index contributed by atoms with van der Waals surface area (Å²) in [5, 5.41) is 9.24. The fraction of sp³-hybridized carbons (Fsp3) is 0.188. The number of rotatable bonds is 5. The molecule has 0 spiro atoms. The van der Waals surface area contributed by atoms with E-state index in [1.54, 1.807) is 6.07 Å². The highest BCUT2D eigenvalue weighted by atomic mass is 16.5. The molecular formula is C16H16O3. The molecule has 0 aliphatic rings. The van der Waals surface area contributed by atoms with E-state index in [2.05, 4.69) is 0 Å². The second kappa shape index (κ2) is 6.05. The molecule has 1 atom stereocenters. The lowest BCUT2D eigenvalue weighted by Crippen LogP contribution is -2.29. The van der Waals surface area contributed by atoms with E-state index in [0.717, 1.165) is 11.1 Å². The van der Waals surface area contributed by atoms with Crippen LogP contribution in [0, 0.1) is 6.92 Å². The van der Waals surface area contributed by atoms with Gasteiger partial charge in [-0.25, -0.2) is 4.79 Å². The van der Waals surface area contributed by atoms with E-state index in [4.69, 9.17) is 4.74 Å². The number of ether oxygens (including phenoxy) is 1. The van der Waals surface area contributed by atoms with Crippen molar-refractivity contribution in [3.05, 3.63) is 65.7 Å². The van der Waals surface area contributed by atoms with E-state index in [-0.39, 0.29) is 0 Å². The molecule has 19 heavy (non-hydrogen) atoms. The predicted octanol–water partition coefficient (Wildman–Crippen LogP) is 3.07. The minimum absolute atomic E-state index is 0.351. The zero-order chi connectivity index (χ0) is 13.7. The molecule has 1 N–H and O–H groups in total. The molecule has 98 valence electrons. The summed E-state index contributed by atoms with van der Waals surface area (Å²) in [6.45, 7) is 1.94. The molecule has 3 heteroatoms. The van der Waals surface area contributed by atoms with E-state index in [0.29, 0.717) is 12.2 Å². The van der Waals surface area contributed by atoms with Crippen molar-refractivity contribution < 1.29 is 14.6 Å². The summed E-state index contributed by atoms with van der Waals surface area (Å²) >= 11 is 0. The van der Waals surface area contributed by atoms with Crippen molar-refractivity contribution in [1.29, 1.82) is 0 Å². The molecular weight excluding hydrogens is 240 g/mol. The maximum absolute atomic E-state index is 11.3. The third-order valence-corrected chi connectivity index (χ3v) is 2.81. The summed E-state index contributed by atoms with van der Waals surface area (Å²) < 4.78 is 5.56. The van der Waals surface area contributed by atoms with Gasteiger partial charge >= 0.3 is 5.97 Å². The molecule has 0 aromatic heterocycles. The number of carboxylic acid groups (broad SMARTS) is 1. The van der Waals surface area contributed by atoms with Gasteiger partial charge in [0.25, 0.3) is 0 Å². The number of carboxylic acids is 1. The summed E-state index contributed by atoms with van der Waals surface area (Å²) in [6.07, 6.45) is -0.520. The lowest BCUT2D eigenvalue weighted by atomic mass is 10.1. The predicted molar refractivity (Wildman–Crippen MR) is 73.4 cm³/mol. The first-order valence-corrected chi connectivity index (χ1v) is 6.15. The summed E-state index contributed by atoms with van der Waals surface area (Å²) in [4.78, 5) is 11.3. The number of aryl methyl sites for hydroxylation is 1. The van der Waals surface area contributed by atoms with Crippen LogP contribution in [0.3, 0.4) is 0 Å². The molecule has 2 aromatic carbocycles. The van der Waals surface area contributed by atoms with Crippen LogP contribution in [-0.2, 0) is 11.2 Å². The molecule has 2 aromatic rings. The minimum atomic E-state index is -0.953. The van der Waals surface area contributed by atoms with Crippen LogP contribution in [0.2, 0.25) is 0 Å². The van der Waals surface area contributed by atoms with Gasteiger partial charge in [0.2, 0.25) is 0 Å². The molecule has 0 aliphatic carbocycles. The lowest BCUT2D eigenvalue weighted by Gasteiger charge is -2.15. The fourth-order valence-corrected chi connectivity index (χ4v) is 1.86. The van der Waals surface area contributed by atoms with Gasteiger partial charge in [-0.1, -0.05) is 42.5 Å². The molecule has 0 aliphatic heterocycles. The number of carbonyl (C=O) groups is 1. The van der Waals surface area contributed by atoms with Crippen molar-refractivity contribution in [3.63, 3.8) is 0 Å². The molecule has 0 saturated carbocycles. The van der Waals surface area contributed by atoms with Gasteiger partial charge in [-0.3, -0.25) is 0 Å². The zero-order valence-electron chi connectivity index (χ0n) is 10.7. The molecule has 0 fully saturated rings. The van der Waals surface area contributed by atoms with Crippen molar-refractivity contribution in [2.75, 3.05) is 0 Å². The van der Waals surface area contributed by atoms with Gasteiger partial charge in [0.1, 0.15) is 5.75 Å². The van der Waals surface area contributed by atoms with Gasteiger partial charge in [0, 0.05) is 6.42 Å². The van der Waals surface area contributed by atoms with Gasteiger partial charge in [0.05, 0.1) is 0 Å². The zero-order valence-corrected chi connectivity index (χ0v) is 10.7. The molecule has 0 amide bonds. The Hall–Kier alpha value is -2.29. The van der Waals surface area contributed by atoms with Gasteiger partial charge in [-0.05, 0) is 30.2 Å². The Kier molecular flexibility index (Phi) is 4.18. The largest absolute Gasteiger partial charge is 0.478 e. The highest BCUT2D eigenvalue weighted by Gasteiger charge is 2.19. The van der Waals surface area contributed by atoms with Crippen LogP contribution in [0.4, 0.5) is 0 Å². The van der Waals surface area contributed by atoms with Crippen molar-refractivity contribution >= 4 is 5.97 Å². The van der Waals surface area contributed by atoms with E-state index >= 15 is 0 Å². The Balaban J connectivity index is 2.11. The standard InChI is InChI=1S/C16H16O3/c1-12-6-5-9-14(10-12)19-15(16(17)18)11-13-7-3-2-4-8-13/h2-10,15H,11H2,1H3,(H,17,18)/t15-/m1/s1. The monoisotopic (exact) mass is 256 g/mol. The van der Waals surface area contributed by atoms with E-state index in [9.17, 15) is 9.90 Å². The van der Waals surface area contributed by atoms with Crippen LogP contribution in [0.5, 0.6) is 5.75 Å². The molecule has 3 nitrogen and oxygen atoms in total. The lowest BCUT2D eigenvalue weighted by molar-refractivity contribution is -0.145. The van der Waals surface area contributed by atoms with E-state index < -0.39 is 12.1 Å². The topological polar surface area (TPSA) is 46.5 Å². The molecule has 0 radical (unpaired) electrons. The summed E-state index contributed by atoms with van der Waals surface area (Å²) in [7, 11) is 0. The van der Waals surface area contributed by atoms with Gasteiger partial charge in [-0.15, -0.1) is 0 Å².